The van der Waals surface area contributed by atoms with E-state index in [0.29, 0.717) is 6.42 Å². The van der Waals surface area contributed by atoms with Crippen molar-refractivity contribution in [2.75, 3.05) is 5.73 Å². The molecule has 1 unspecified atom stereocenters. The van der Waals surface area contributed by atoms with Gasteiger partial charge in [0.1, 0.15) is 16.4 Å². The highest BCUT2D eigenvalue weighted by Crippen LogP contribution is 2.22. The Morgan fingerprint density at radius 3 is 2.56 bits per heavy atom. The van der Waals surface area contributed by atoms with Crippen molar-refractivity contribution in [1.82, 2.24) is 4.72 Å². The average molecular weight is 278 g/mol. The number of anilines is 1. The van der Waals surface area contributed by atoms with Gasteiger partial charge in [0.15, 0.2) is 5.82 Å². The lowest BCUT2D eigenvalue weighted by atomic mass is 10.2. The minimum atomic E-state index is -4.02. The fourth-order valence-corrected chi connectivity index (χ4v) is 2.94. The van der Waals surface area contributed by atoms with Crippen LogP contribution in [0, 0.1) is 11.6 Å². The third-order valence-electron chi connectivity index (χ3n) is 2.46. The molecule has 7 heteroatoms. The number of hydrogen-bond acceptors (Lipinski definition) is 3. The zero-order valence-corrected chi connectivity index (χ0v) is 11.0. The predicted molar refractivity (Wildman–Crippen MR) is 65.5 cm³/mol. The van der Waals surface area contributed by atoms with E-state index >= 15 is 0 Å². The van der Waals surface area contributed by atoms with E-state index in [2.05, 4.69) is 4.72 Å². The van der Waals surface area contributed by atoms with Gasteiger partial charge in [-0.15, -0.1) is 0 Å². The number of nitrogens with one attached hydrogen (secondary N) is 1. The van der Waals surface area contributed by atoms with Crippen molar-refractivity contribution in [3.8, 4) is 0 Å². The smallest absolute Gasteiger partial charge is 0.243 e. The Morgan fingerprint density at radius 1 is 1.39 bits per heavy atom. The molecular weight excluding hydrogens is 262 g/mol. The Labute approximate surface area is 105 Å². The number of sulfonamides is 1. The summed E-state index contributed by atoms with van der Waals surface area (Å²) in [5, 5.41) is 0. The molecule has 18 heavy (non-hydrogen) atoms. The van der Waals surface area contributed by atoms with Crippen molar-refractivity contribution in [3.63, 3.8) is 0 Å². The summed E-state index contributed by atoms with van der Waals surface area (Å²) in [7, 11) is -4.02. The van der Waals surface area contributed by atoms with Crippen molar-refractivity contribution in [2.45, 2.75) is 37.6 Å². The minimum Gasteiger partial charge on any atom is -0.394 e. The summed E-state index contributed by atoms with van der Waals surface area (Å²) in [6.07, 6.45) is 1.41. The Morgan fingerprint density at radius 2 is 2.00 bits per heavy atom. The first-order valence-corrected chi connectivity index (χ1v) is 7.03. The summed E-state index contributed by atoms with van der Waals surface area (Å²) in [5.74, 6) is -2.24. The fourth-order valence-electron chi connectivity index (χ4n) is 1.58. The van der Waals surface area contributed by atoms with Crippen LogP contribution in [-0.2, 0) is 10.0 Å². The first kappa shape index (κ1) is 14.8. The number of benzene rings is 1. The van der Waals surface area contributed by atoms with Crippen LogP contribution in [0.15, 0.2) is 17.0 Å². The van der Waals surface area contributed by atoms with Gasteiger partial charge in [-0.25, -0.2) is 21.9 Å². The van der Waals surface area contributed by atoms with Gasteiger partial charge in [-0.3, -0.25) is 0 Å². The van der Waals surface area contributed by atoms with E-state index in [-0.39, 0.29) is 6.04 Å². The molecule has 0 spiro atoms. The van der Waals surface area contributed by atoms with Crippen LogP contribution in [0.5, 0.6) is 0 Å². The second-order valence-corrected chi connectivity index (χ2v) is 5.77. The van der Waals surface area contributed by atoms with Crippen LogP contribution in [0.2, 0.25) is 0 Å². The van der Waals surface area contributed by atoms with Gasteiger partial charge in [0.25, 0.3) is 0 Å². The molecule has 0 aliphatic heterocycles. The Balaban J connectivity index is 3.10. The lowest BCUT2D eigenvalue weighted by molar-refractivity contribution is 0.528. The molecule has 0 bridgehead atoms. The maximum atomic E-state index is 13.6. The van der Waals surface area contributed by atoms with Crippen LogP contribution in [-0.4, -0.2) is 14.5 Å². The summed E-state index contributed by atoms with van der Waals surface area (Å²) in [6.45, 7) is 3.58. The van der Waals surface area contributed by atoms with Crippen molar-refractivity contribution in [1.29, 1.82) is 0 Å². The summed E-state index contributed by atoms with van der Waals surface area (Å²) in [5.41, 5.74) is 4.34. The predicted octanol–water partition coefficient (Wildman–Crippen LogP) is 2.01. The topological polar surface area (TPSA) is 72.2 Å². The molecule has 1 atom stereocenters. The highest BCUT2D eigenvalue weighted by molar-refractivity contribution is 7.89. The van der Waals surface area contributed by atoms with Crippen LogP contribution < -0.4 is 10.5 Å². The van der Waals surface area contributed by atoms with Crippen molar-refractivity contribution < 1.29 is 17.2 Å². The Kier molecular flexibility index (Phi) is 4.64. The van der Waals surface area contributed by atoms with Crippen LogP contribution in [0.4, 0.5) is 14.5 Å². The molecule has 0 amide bonds. The molecule has 1 rings (SSSR count). The second kappa shape index (κ2) is 5.62. The Bertz CT molecular complexity index is 532. The maximum absolute atomic E-state index is 13.6. The fraction of sp³-hybridized carbons (Fsp3) is 0.455. The summed E-state index contributed by atoms with van der Waals surface area (Å²) in [6, 6.07) is 1.37. The van der Waals surface area contributed by atoms with Crippen LogP contribution >= 0.6 is 0 Å². The van der Waals surface area contributed by atoms with E-state index in [0.717, 1.165) is 18.6 Å². The highest BCUT2D eigenvalue weighted by Gasteiger charge is 2.23. The lowest BCUT2D eigenvalue weighted by Gasteiger charge is -2.14. The first-order valence-electron chi connectivity index (χ1n) is 5.55. The standard InChI is InChI=1S/C11H16F2N2O2S/c1-3-4-7(2)15-18(16,17)9-6-5-8(12)11(14)10(9)13/h5-7,15H,3-4,14H2,1-2H3. The largest absolute Gasteiger partial charge is 0.394 e. The summed E-state index contributed by atoms with van der Waals surface area (Å²) >= 11 is 0. The number of halogens is 2. The van der Waals surface area contributed by atoms with Crippen LogP contribution in [0.3, 0.4) is 0 Å². The van der Waals surface area contributed by atoms with E-state index in [1.807, 2.05) is 6.92 Å². The number of rotatable bonds is 5. The van der Waals surface area contributed by atoms with Gasteiger partial charge in [0, 0.05) is 6.04 Å². The third kappa shape index (κ3) is 3.17. The van der Waals surface area contributed by atoms with Gasteiger partial charge in [-0.1, -0.05) is 13.3 Å². The third-order valence-corrected chi connectivity index (χ3v) is 4.07. The van der Waals surface area contributed by atoms with E-state index in [1.54, 1.807) is 6.92 Å². The van der Waals surface area contributed by atoms with E-state index in [9.17, 15) is 17.2 Å². The van der Waals surface area contributed by atoms with Gasteiger partial charge in [-0.05, 0) is 25.5 Å². The molecule has 0 saturated carbocycles. The molecule has 1 aromatic carbocycles. The quantitative estimate of drug-likeness (QED) is 0.809. The minimum absolute atomic E-state index is 0.328. The molecule has 0 aliphatic rings. The maximum Gasteiger partial charge on any atom is 0.243 e. The zero-order chi connectivity index (χ0) is 13.9. The zero-order valence-electron chi connectivity index (χ0n) is 10.2. The van der Waals surface area contributed by atoms with Crippen LogP contribution in [0.1, 0.15) is 26.7 Å². The molecule has 0 aliphatic carbocycles. The molecule has 3 N–H and O–H groups in total. The summed E-state index contributed by atoms with van der Waals surface area (Å²) < 4.78 is 52.6. The van der Waals surface area contributed by atoms with E-state index < -0.39 is 32.2 Å². The molecular formula is C11H16F2N2O2S. The second-order valence-electron chi connectivity index (χ2n) is 4.08. The molecule has 0 saturated heterocycles. The van der Waals surface area contributed by atoms with Crippen molar-refractivity contribution in [2.24, 2.45) is 0 Å². The van der Waals surface area contributed by atoms with Gasteiger partial charge >= 0.3 is 0 Å². The van der Waals surface area contributed by atoms with Gasteiger partial charge in [-0.2, -0.15) is 0 Å². The molecule has 0 aromatic heterocycles. The van der Waals surface area contributed by atoms with Crippen molar-refractivity contribution in [3.05, 3.63) is 23.8 Å². The lowest BCUT2D eigenvalue weighted by Crippen LogP contribution is -2.33. The van der Waals surface area contributed by atoms with E-state index in [4.69, 9.17) is 5.73 Å². The number of nitrogens with two attached hydrogens (primary N) is 1. The van der Waals surface area contributed by atoms with Crippen LogP contribution in [0.25, 0.3) is 0 Å². The number of hydrogen-bond donors (Lipinski definition) is 2. The number of nitrogen functional groups attached to an aromatic ring is 1. The average Bonchev–Trinajstić information content (AvgIpc) is 2.25. The van der Waals surface area contributed by atoms with Crippen molar-refractivity contribution >= 4 is 15.7 Å². The SMILES string of the molecule is CCCC(C)NS(=O)(=O)c1ccc(F)c(N)c1F. The monoisotopic (exact) mass is 278 g/mol. The summed E-state index contributed by atoms with van der Waals surface area (Å²) in [4.78, 5) is -0.635. The first-order chi connectivity index (χ1) is 8.29. The van der Waals surface area contributed by atoms with Gasteiger partial charge < -0.3 is 5.73 Å². The Hall–Kier alpha value is -1.21. The highest BCUT2D eigenvalue weighted by atomic mass is 32.2. The molecule has 4 nitrogen and oxygen atoms in total. The molecule has 0 radical (unpaired) electrons. The van der Waals surface area contributed by atoms with Gasteiger partial charge in [0.2, 0.25) is 10.0 Å². The van der Waals surface area contributed by atoms with Gasteiger partial charge in [0.05, 0.1) is 0 Å². The normalized spacial score (nSPS) is 13.6. The molecule has 0 heterocycles. The molecule has 1 aromatic rings. The molecule has 102 valence electrons. The molecule has 0 fully saturated rings. The van der Waals surface area contributed by atoms with E-state index in [1.165, 1.54) is 0 Å².